The van der Waals surface area contributed by atoms with Gasteiger partial charge in [0.1, 0.15) is 6.61 Å². The number of aromatic nitrogens is 1. The highest BCUT2D eigenvalue weighted by molar-refractivity contribution is 5.42. The fraction of sp³-hybridized carbons (Fsp3) is 0.267. The Morgan fingerprint density at radius 1 is 1.26 bits per heavy atom. The molecule has 0 unspecified atom stereocenters. The van der Waals surface area contributed by atoms with Crippen molar-refractivity contribution in [2.75, 3.05) is 18.5 Å². The van der Waals surface area contributed by atoms with Gasteiger partial charge in [-0.2, -0.15) is 0 Å². The van der Waals surface area contributed by atoms with Crippen molar-refractivity contribution in [2.45, 2.75) is 13.5 Å². The van der Waals surface area contributed by atoms with E-state index in [1.807, 2.05) is 6.07 Å². The van der Waals surface area contributed by atoms with E-state index < -0.39 is 0 Å². The Bertz CT molecular complexity index is 512. The van der Waals surface area contributed by atoms with Gasteiger partial charge in [-0.25, -0.2) is 4.98 Å². The first-order valence-electron chi connectivity index (χ1n) is 6.27. The van der Waals surface area contributed by atoms with Gasteiger partial charge in [-0.05, 0) is 18.6 Å². The van der Waals surface area contributed by atoms with E-state index in [4.69, 9.17) is 9.84 Å². The van der Waals surface area contributed by atoms with Crippen LogP contribution in [0, 0.1) is 6.92 Å². The Morgan fingerprint density at radius 3 is 2.84 bits per heavy atom. The maximum Gasteiger partial charge on any atom is 0.213 e. The third-order valence-electron chi connectivity index (χ3n) is 2.66. The van der Waals surface area contributed by atoms with Gasteiger partial charge in [-0.1, -0.05) is 29.8 Å². The zero-order chi connectivity index (χ0) is 13.5. The molecule has 2 aromatic rings. The lowest BCUT2D eigenvalue weighted by Gasteiger charge is -2.08. The summed E-state index contributed by atoms with van der Waals surface area (Å²) in [6.07, 6.45) is 1.72. The second-order valence-corrected chi connectivity index (χ2v) is 4.30. The summed E-state index contributed by atoms with van der Waals surface area (Å²) >= 11 is 0. The summed E-state index contributed by atoms with van der Waals surface area (Å²) in [6.45, 7) is 3.11. The number of ether oxygens (including phenoxy) is 1. The molecule has 0 atom stereocenters. The SMILES string of the molecule is Cc1cccc(CNc2ccc(OCCO)nc2)c1. The minimum Gasteiger partial charge on any atom is -0.475 e. The lowest BCUT2D eigenvalue weighted by Crippen LogP contribution is -2.04. The molecule has 4 heteroatoms. The van der Waals surface area contributed by atoms with Crippen molar-refractivity contribution in [2.24, 2.45) is 0 Å². The van der Waals surface area contributed by atoms with E-state index in [2.05, 4.69) is 41.5 Å². The van der Waals surface area contributed by atoms with E-state index in [0.29, 0.717) is 5.88 Å². The lowest BCUT2D eigenvalue weighted by atomic mass is 10.1. The minimum atomic E-state index is -0.00492. The van der Waals surface area contributed by atoms with Crippen molar-refractivity contribution in [1.29, 1.82) is 0 Å². The Balaban J connectivity index is 1.89. The molecule has 0 fully saturated rings. The molecule has 1 heterocycles. The highest BCUT2D eigenvalue weighted by Crippen LogP contribution is 2.13. The van der Waals surface area contributed by atoms with Crippen LogP contribution in [0.4, 0.5) is 5.69 Å². The molecular weight excluding hydrogens is 240 g/mol. The monoisotopic (exact) mass is 258 g/mol. The topological polar surface area (TPSA) is 54.4 Å². The number of aryl methyl sites for hydroxylation is 1. The van der Waals surface area contributed by atoms with E-state index in [0.717, 1.165) is 12.2 Å². The van der Waals surface area contributed by atoms with Crippen LogP contribution in [0.5, 0.6) is 5.88 Å². The first kappa shape index (κ1) is 13.4. The van der Waals surface area contributed by atoms with Crippen molar-refractivity contribution in [1.82, 2.24) is 4.98 Å². The molecule has 0 spiro atoms. The van der Waals surface area contributed by atoms with Gasteiger partial charge in [-0.3, -0.25) is 0 Å². The number of hydrogen-bond acceptors (Lipinski definition) is 4. The Hall–Kier alpha value is -2.07. The summed E-state index contributed by atoms with van der Waals surface area (Å²) in [5.74, 6) is 0.523. The fourth-order valence-corrected chi connectivity index (χ4v) is 1.75. The van der Waals surface area contributed by atoms with Crippen LogP contribution >= 0.6 is 0 Å². The van der Waals surface area contributed by atoms with E-state index in [1.165, 1.54) is 11.1 Å². The molecule has 0 saturated heterocycles. The molecule has 2 N–H and O–H groups in total. The van der Waals surface area contributed by atoms with Crippen LogP contribution in [0.1, 0.15) is 11.1 Å². The smallest absolute Gasteiger partial charge is 0.213 e. The van der Waals surface area contributed by atoms with Gasteiger partial charge in [-0.15, -0.1) is 0 Å². The van der Waals surface area contributed by atoms with E-state index in [-0.39, 0.29) is 13.2 Å². The first-order valence-corrected chi connectivity index (χ1v) is 6.27. The maximum absolute atomic E-state index is 8.65. The van der Waals surface area contributed by atoms with E-state index in [9.17, 15) is 0 Å². The van der Waals surface area contributed by atoms with Gasteiger partial charge >= 0.3 is 0 Å². The number of benzene rings is 1. The third kappa shape index (κ3) is 4.26. The molecule has 0 radical (unpaired) electrons. The molecule has 1 aromatic heterocycles. The summed E-state index contributed by atoms with van der Waals surface area (Å²) in [5.41, 5.74) is 3.43. The lowest BCUT2D eigenvalue weighted by molar-refractivity contribution is 0.196. The van der Waals surface area contributed by atoms with Crippen molar-refractivity contribution < 1.29 is 9.84 Å². The number of hydrogen-bond donors (Lipinski definition) is 2. The Kier molecular flexibility index (Phi) is 4.75. The zero-order valence-electron chi connectivity index (χ0n) is 11.0. The van der Waals surface area contributed by atoms with Crippen LogP contribution in [0.25, 0.3) is 0 Å². The summed E-state index contributed by atoms with van der Waals surface area (Å²) in [4.78, 5) is 4.15. The predicted octanol–water partition coefficient (Wildman–Crippen LogP) is 2.37. The third-order valence-corrected chi connectivity index (χ3v) is 2.66. The van der Waals surface area contributed by atoms with Crippen LogP contribution in [-0.4, -0.2) is 23.3 Å². The molecule has 4 nitrogen and oxygen atoms in total. The predicted molar refractivity (Wildman–Crippen MR) is 75.3 cm³/mol. The van der Waals surface area contributed by atoms with Crippen LogP contribution in [-0.2, 0) is 6.54 Å². The van der Waals surface area contributed by atoms with Crippen LogP contribution in [0.2, 0.25) is 0 Å². The Morgan fingerprint density at radius 2 is 2.16 bits per heavy atom. The number of nitrogens with one attached hydrogen (secondary N) is 1. The quantitative estimate of drug-likeness (QED) is 0.835. The Labute approximate surface area is 113 Å². The highest BCUT2D eigenvalue weighted by atomic mass is 16.5. The number of pyridine rings is 1. The summed E-state index contributed by atoms with van der Waals surface area (Å²) in [5, 5.41) is 12.0. The first-order chi connectivity index (χ1) is 9.28. The standard InChI is InChI=1S/C15H18N2O2/c1-12-3-2-4-13(9-12)10-16-14-5-6-15(17-11-14)19-8-7-18/h2-6,9,11,16,18H,7-8,10H2,1H3. The molecule has 19 heavy (non-hydrogen) atoms. The van der Waals surface area contributed by atoms with E-state index >= 15 is 0 Å². The molecular formula is C15H18N2O2. The number of rotatable bonds is 6. The van der Waals surface area contributed by atoms with Gasteiger partial charge in [0.05, 0.1) is 18.5 Å². The molecule has 2 rings (SSSR count). The van der Waals surface area contributed by atoms with Gasteiger partial charge in [0.15, 0.2) is 0 Å². The molecule has 0 aliphatic carbocycles. The summed E-state index contributed by atoms with van der Waals surface area (Å²) in [7, 11) is 0. The number of anilines is 1. The van der Waals surface area contributed by atoms with Gasteiger partial charge < -0.3 is 15.2 Å². The van der Waals surface area contributed by atoms with Gasteiger partial charge in [0, 0.05) is 12.6 Å². The molecule has 0 saturated carbocycles. The molecule has 100 valence electrons. The molecule has 0 amide bonds. The number of aliphatic hydroxyl groups is 1. The van der Waals surface area contributed by atoms with E-state index in [1.54, 1.807) is 12.3 Å². The average molecular weight is 258 g/mol. The van der Waals surface area contributed by atoms with Crippen molar-refractivity contribution in [3.05, 3.63) is 53.7 Å². The summed E-state index contributed by atoms with van der Waals surface area (Å²) in [6, 6.07) is 12.1. The maximum atomic E-state index is 8.65. The largest absolute Gasteiger partial charge is 0.475 e. The second kappa shape index (κ2) is 6.75. The highest BCUT2D eigenvalue weighted by Gasteiger charge is 1.97. The van der Waals surface area contributed by atoms with Gasteiger partial charge in [0.2, 0.25) is 5.88 Å². The fourth-order valence-electron chi connectivity index (χ4n) is 1.75. The van der Waals surface area contributed by atoms with Crippen molar-refractivity contribution >= 4 is 5.69 Å². The molecule has 1 aromatic carbocycles. The van der Waals surface area contributed by atoms with Crippen LogP contribution in [0.15, 0.2) is 42.6 Å². The average Bonchev–Trinajstić information content (AvgIpc) is 2.44. The number of nitrogens with zero attached hydrogens (tertiary/aromatic N) is 1. The second-order valence-electron chi connectivity index (χ2n) is 4.30. The van der Waals surface area contributed by atoms with Gasteiger partial charge in [0.25, 0.3) is 0 Å². The minimum absolute atomic E-state index is 0.00492. The summed E-state index contributed by atoms with van der Waals surface area (Å²) < 4.78 is 5.20. The van der Waals surface area contributed by atoms with Crippen LogP contribution in [0.3, 0.4) is 0 Å². The van der Waals surface area contributed by atoms with Crippen LogP contribution < -0.4 is 10.1 Å². The number of aliphatic hydroxyl groups excluding tert-OH is 1. The molecule has 0 aliphatic rings. The molecule has 0 bridgehead atoms. The molecule has 0 aliphatic heterocycles. The normalized spacial score (nSPS) is 10.2. The zero-order valence-corrected chi connectivity index (χ0v) is 11.0. The van der Waals surface area contributed by atoms with Crippen molar-refractivity contribution in [3.63, 3.8) is 0 Å². The van der Waals surface area contributed by atoms with Crippen molar-refractivity contribution in [3.8, 4) is 5.88 Å².